The van der Waals surface area contributed by atoms with Gasteiger partial charge in [-0.25, -0.2) is 0 Å². The second-order valence-corrected chi connectivity index (χ2v) is 8.89. The lowest BCUT2D eigenvalue weighted by Crippen LogP contribution is -2.30. The molecule has 0 saturated heterocycles. The summed E-state index contributed by atoms with van der Waals surface area (Å²) >= 11 is 0. The summed E-state index contributed by atoms with van der Waals surface area (Å²) < 4.78 is 0. The Morgan fingerprint density at radius 1 is 0.652 bits per heavy atom. The van der Waals surface area contributed by atoms with Crippen LogP contribution >= 0.6 is 0 Å². The summed E-state index contributed by atoms with van der Waals surface area (Å²) in [5, 5.41) is 9.71. The van der Waals surface area contributed by atoms with Gasteiger partial charge in [-0.2, -0.15) is 0 Å². The number of allylic oxidation sites excluding steroid dienone is 1. The van der Waals surface area contributed by atoms with Crippen molar-refractivity contribution in [3.8, 4) is 0 Å². The van der Waals surface area contributed by atoms with E-state index in [1.165, 1.54) is 77.0 Å². The third-order valence-electron chi connectivity index (χ3n) is 7.56. The maximum atomic E-state index is 9.71. The maximum absolute atomic E-state index is 9.71. The number of rotatable bonds is 5. The van der Waals surface area contributed by atoms with Gasteiger partial charge in [0.15, 0.2) is 0 Å². The zero-order valence-corrected chi connectivity index (χ0v) is 15.1. The highest BCUT2D eigenvalue weighted by molar-refractivity contribution is 4.86. The Kier molecular flexibility index (Phi) is 6.62. The first-order chi connectivity index (χ1) is 11.3. The molecule has 0 aromatic carbocycles. The van der Waals surface area contributed by atoms with Gasteiger partial charge < -0.3 is 5.11 Å². The molecule has 0 aromatic rings. The van der Waals surface area contributed by atoms with Crippen molar-refractivity contribution in [1.29, 1.82) is 0 Å². The summed E-state index contributed by atoms with van der Waals surface area (Å²) in [4.78, 5) is 0. The highest BCUT2D eigenvalue weighted by Crippen LogP contribution is 2.45. The Morgan fingerprint density at radius 3 is 1.48 bits per heavy atom. The molecule has 0 atom stereocenters. The highest BCUT2D eigenvalue weighted by Gasteiger charge is 2.34. The van der Waals surface area contributed by atoms with E-state index in [2.05, 4.69) is 12.7 Å². The van der Waals surface area contributed by atoms with E-state index in [9.17, 15) is 5.11 Å². The van der Waals surface area contributed by atoms with Crippen molar-refractivity contribution < 1.29 is 5.11 Å². The van der Waals surface area contributed by atoms with Gasteiger partial charge in [0.25, 0.3) is 0 Å². The van der Waals surface area contributed by atoms with Crippen LogP contribution in [-0.4, -0.2) is 11.2 Å². The molecule has 1 N–H and O–H groups in total. The number of hydrogen-bond acceptors (Lipinski definition) is 1. The Hall–Kier alpha value is -0.300. The highest BCUT2D eigenvalue weighted by atomic mass is 16.3. The summed E-state index contributed by atoms with van der Waals surface area (Å²) in [6, 6.07) is 0. The molecule has 0 aromatic heterocycles. The van der Waals surface area contributed by atoms with Crippen LogP contribution in [0.15, 0.2) is 12.7 Å². The quantitative estimate of drug-likeness (QED) is 0.606. The van der Waals surface area contributed by atoms with Crippen LogP contribution in [0.5, 0.6) is 0 Å². The predicted octanol–water partition coefficient (Wildman–Crippen LogP) is 6.12. The topological polar surface area (TPSA) is 20.2 Å². The molecule has 0 radical (unpaired) electrons. The van der Waals surface area contributed by atoms with Crippen molar-refractivity contribution >= 4 is 0 Å². The van der Waals surface area contributed by atoms with Gasteiger partial charge >= 0.3 is 0 Å². The molecular weight excluding hydrogens is 280 g/mol. The van der Waals surface area contributed by atoms with Gasteiger partial charge in [0.1, 0.15) is 0 Å². The molecule has 0 aliphatic heterocycles. The molecule has 0 amide bonds. The fraction of sp³-hybridized carbons (Fsp3) is 0.909. The molecule has 0 bridgehead atoms. The van der Waals surface area contributed by atoms with E-state index in [0.717, 1.165) is 42.4 Å². The van der Waals surface area contributed by atoms with Gasteiger partial charge in [0, 0.05) is 0 Å². The van der Waals surface area contributed by atoms with Gasteiger partial charge in [0.05, 0.1) is 6.10 Å². The minimum atomic E-state index is 0.0128. The molecule has 23 heavy (non-hydrogen) atoms. The van der Waals surface area contributed by atoms with Crippen LogP contribution in [0.2, 0.25) is 0 Å². The smallest absolute Gasteiger partial charge is 0.0540 e. The van der Waals surface area contributed by atoms with Crippen molar-refractivity contribution in [3.63, 3.8) is 0 Å². The Labute approximate surface area is 143 Å². The van der Waals surface area contributed by atoms with E-state index in [1.807, 2.05) is 0 Å². The van der Waals surface area contributed by atoms with Gasteiger partial charge in [-0.15, -0.1) is 6.58 Å². The molecular formula is C22H38O. The minimum Gasteiger partial charge on any atom is -0.393 e. The van der Waals surface area contributed by atoms with Crippen LogP contribution in [0, 0.1) is 29.6 Å². The van der Waals surface area contributed by atoms with Crippen LogP contribution in [-0.2, 0) is 0 Å². The van der Waals surface area contributed by atoms with E-state index in [4.69, 9.17) is 0 Å². The lowest BCUT2D eigenvalue weighted by atomic mass is 9.65. The van der Waals surface area contributed by atoms with Gasteiger partial charge in [-0.1, -0.05) is 18.9 Å². The van der Waals surface area contributed by atoms with Crippen LogP contribution in [0.3, 0.4) is 0 Å². The van der Waals surface area contributed by atoms with Crippen LogP contribution in [0.25, 0.3) is 0 Å². The molecule has 1 heteroatoms. The molecule has 0 spiro atoms. The van der Waals surface area contributed by atoms with E-state index in [0.29, 0.717) is 0 Å². The molecule has 3 aliphatic rings. The summed E-state index contributed by atoms with van der Waals surface area (Å²) in [6.45, 7) is 3.87. The normalized spacial score (nSPS) is 42.3. The fourth-order valence-corrected chi connectivity index (χ4v) is 5.96. The number of aliphatic hydroxyl groups excluding tert-OH is 1. The third kappa shape index (κ3) is 4.84. The first-order valence-electron chi connectivity index (χ1n) is 10.5. The molecule has 3 rings (SSSR count). The van der Waals surface area contributed by atoms with E-state index in [-0.39, 0.29) is 6.10 Å². The Balaban J connectivity index is 1.37. The monoisotopic (exact) mass is 318 g/mol. The van der Waals surface area contributed by atoms with E-state index in [1.54, 1.807) is 0 Å². The zero-order valence-electron chi connectivity index (χ0n) is 15.1. The van der Waals surface area contributed by atoms with Crippen molar-refractivity contribution in [1.82, 2.24) is 0 Å². The summed E-state index contributed by atoms with van der Waals surface area (Å²) in [6.07, 6.45) is 21.4. The van der Waals surface area contributed by atoms with Gasteiger partial charge in [-0.05, 0) is 107 Å². The van der Waals surface area contributed by atoms with Gasteiger partial charge in [0.2, 0.25) is 0 Å². The van der Waals surface area contributed by atoms with Gasteiger partial charge in [-0.3, -0.25) is 0 Å². The Morgan fingerprint density at radius 2 is 1.04 bits per heavy atom. The second kappa shape index (κ2) is 8.70. The summed E-state index contributed by atoms with van der Waals surface area (Å²) in [7, 11) is 0. The molecule has 132 valence electrons. The maximum Gasteiger partial charge on any atom is 0.0540 e. The molecule has 1 nitrogen and oxygen atoms in total. The fourth-order valence-electron chi connectivity index (χ4n) is 5.96. The SMILES string of the molecule is C=CCCC1CCC(C2CCC(C3CCC(O)CC3)CC2)CC1. The third-order valence-corrected chi connectivity index (χ3v) is 7.56. The number of aliphatic hydroxyl groups is 1. The molecule has 3 aliphatic carbocycles. The zero-order chi connectivity index (χ0) is 16.1. The van der Waals surface area contributed by atoms with Crippen molar-refractivity contribution in [2.45, 2.75) is 96.0 Å². The minimum absolute atomic E-state index is 0.0128. The predicted molar refractivity (Wildman–Crippen MR) is 98.3 cm³/mol. The largest absolute Gasteiger partial charge is 0.393 e. The van der Waals surface area contributed by atoms with Crippen molar-refractivity contribution in [2.75, 3.05) is 0 Å². The first-order valence-corrected chi connectivity index (χ1v) is 10.5. The number of hydrogen-bond donors (Lipinski definition) is 1. The van der Waals surface area contributed by atoms with Crippen molar-refractivity contribution in [3.05, 3.63) is 12.7 Å². The Bertz CT molecular complexity index is 339. The van der Waals surface area contributed by atoms with Crippen molar-refractivity contribution in [2.24, 2.45) is 29.6 Å². The first kappa shape index (κ1) is 17.5. The lowest BCUT2D eigenvalue weighted by molar-refractivity contribution is 0.0667. The van der Waals surface area contributed by atoms with E-state index >= 15 is 0 Å². The van der Waals surface area contributed by atoms with Crippen LogP contribution in [0.1, 0.15) is 89.9 Å². The standard InChI is InChI=1S/C22H38O/c1-2-3-4-17-5-7-18(8-6-17)19-9-11-20(12-10-19)21-13-15-22(23)16-14-21/h2,17-23H,1,3-16H2. The second-order valence-electron chi connectivity index (χ2n) is 8.89. The summed E-state index contributed by atoms with van der Waals surface area (Å²) in [5.41, 5.74) is 0. The molecule has 0 heterocycles. The average Bonchev–Trinajstić information content (AvgIpc) is 2.61. The van der Waals surface area contributed by atoms with Crippen LogP contribution in [0.4, 0.5) is 0 Å². The molecule has 0 unspecified atom stereocenters. The van der Waals surface area contributed by atoms with Crippen LogP contribution < -0.4 is 0 Å². The molecule has 3 fully saturated rings. The average molecular weight is 319 g/mol. The molecule has 3 saturated carbocycles. The summed E-state index contributed by atoms with van der Waals surface area (Å²) in [5.74, 6) is 5.01. The lowest BCUT2D eigenvalue weighted by Gasteiger charge is -2.41. The van der Waals surface area contributed by atoms with E-state index < -0.39 is 0 Å².